The van der Waals surface area contributed by atoms with Crippen LogP contribution in [0.15, 0.2) is 71.6 Å². The van der Waals surface area contributed by atoms with E-state index in [2.05, 4.69) is 22.4 Å². The summed E-state index contributed by atoms with van der Waals surface area (Å²) in [5, 5.41) is 7.24. The molecule has 8 nitrogen and oxygen atoms in total. The van der Waals surface area contributed by atoms with Crippen molar-refractivity contribution in [3.63, 3.8) is 0 Å². The normalized spacial score (nSPS) is 21.2. The molecular formula is C32H39Cl2N4O4S+. The molecule has 0 atom stereocenters. The van der Waals surface area contributed by atoms with Gasteiger partial charge >= 0.3 is 0 Å². The Hall–Kier alpha value is -2.82. The number of para-hydroxylation sites is 2. The van der Waals surface area contributed by atoms with Gasteiger partial charge in [-0.3, -0.25) is 9.52 Å². The number of amides is 1. The highest BCUT2D eigenvalue weighted by molar-refractivity contribution is 7.92. The predicted octanol–water partition coefficient (Wildman–Crippen LogP) is 6.32. The summed E-state index contributed by atoms with van der Waals surface area (Å²) in [6.07, 6.45) is 5.86. The molecule has 2 heterocycles. The molecule has 2 aliphatic heterocycles. The van der Waals surface area contributed by atoms with Crippen LogP contribution in [0, 0.1) is 5.92 Å². The number of piperidine rings is 2. The number of hydrogen-bond acceptors (Lipinski definition) is 5. The highest BCUT2D eigenvalue weighted by atomic mass is 35.5. The summed E-state index contributed by atoms with van der Waals surface area (Å²) in [6, 6.07) is 18.1. The maximum Gasteiger partial charge on any atom is 0.262 e. The van der Waals surface area contributed by atoms with Crippen LogP contribution in [0.2, 0.25) is 10.0 Å². The summed E-state index contributed by atoms with van der Waals surface area (Å²) in [6.45, 7) is 5.27. The number of likely N-dealkylation sites (tertiary alicyclic amines) is 1. The van der Waals surface area contributed by atoms with Crippen LogP contribution in [0.5, 0.6) is 11.5 Å². The maximum absolute atomic E-state index is 13.2. The SMILES string of the molecule is C[N+]1(C2CCNCC2)CCC(CCNC(=O)c2ccc(S(=O)(=O)Nc3ccccc3Oc3ccc(Cl)cc3Cl)cc2)CC1. The molecule has 43 heavy (non-hydrogen) atoms. The third kappa shape index (κ3) is 8.02. The van der Waals surface area contributed by atoms with Gasteiger partial charge in [-0.05, 0) is 79.8 Å². The van der Waals surface area contributed by atoms with Crippen molar-refractivity contribution in [2.45, 2.75) is 43.0 Å². The number of nitrogens with one attached hydrogen (secondary N) is 3. The average molecular weight is 647 g/mol. The van der Waals surface area contributed by atoms with Gasteiger partial charge in [0.25, 0.3) is 15.9 Å². The first-order valence-corrected chi connectivity index (χ1v) is 17.0. The lowest BCUT2D eigenvalue weighted by Gasteiger charge is -2.47. The fourth-order valence-electron chi connectivity index (χ4n) is 6.09. The van der Waals surface area contributed by atoms with E-state index in [1.165, 1.54) is 67.5 Å². The number of sulfonamides is 1. The molecule has 0 saturated carbocycles. The van der Waals surface area contributed by atoms with E-state index in [9.17, 15) is 13.2 Å². The zero-order chi connectivity index (χ0) is 30.5. The van der Waals surface area contributed by atoms with Crippen LogP contribution in [-0.4, -0.2) is 64.6 Å². The van der Waals surface area contributed by atoms with Gasteiger partial charge in [-0.15, -0.1) is 0 Å². The lowest BCUT2D eigenvalue weighted by molar-refractivity contribution is -0.939. The number of quaternary nitrogens is 1. The largest absolute Gasteiger partial charge is 0.454 e. The molecule has 5 rings (SSSR count). The van der Waals surface area contributed by atoms with E-state index in [0.717, 1.165) is 25.6 Å². The highest BCUT2D eigenvalue weighted by Crippen LogP contribution is 2.36. The second-order valence-electron chi connectivity index (χ2n) is 11.7. The molecular weight excluding hydrogens is 607 g/mol. The van der Waals surface area contributed by atoms with Crippen molar-refractivity contribution in [2.75, 3.05) is 44.5 Å². The Morgan fingerprint density at radius 1 is 0.953 bits per heavy atom. The monoisotopic (exact) mass is 645 g/mol. The molecule has 3 aromatic rings. The molecule has 0 aliphatic carbocycles. The number of halogens is 2. The molecule has 0 bridgehead atoms. The Bertz CT molecular complexity index is 1520. The Kier molecular flexibility index (Phi) is 10.2. The molecule has 3 N–H and O–H groups in total. The van der Waals surface area contributed by atoms with E-state index in [-0.39, 0.29) is 22.2 Å². The van der Waals surface area contributed by atoms with E-state index in [1.807, 2.05) is 0 Å². The molecule has 0 aromatic heterocycles. The second-order valence-corrected chi connectivity index (χ2v) is 14.2. The summed E-state index contributed by atoms with van der Waals surface area (Å²) < 4.78 is 36.0. The summed E-state index contributed by atoms with van der Waals surface area (Å²) in [4.78, 5) is 12.8. The van der Waals surface area contributed by atoms with E-state index >= 15 is 0 Å². The lowest BCUT2D eigenvalue weighted by Crippen LogP contribution is -2.59. The first kappa shape index (κ1) is 31.6. The topological polar surface area (TPSA) is 96.5 Å². The van der Waals surface area contributed by atoms with Crippen molar-refractivity contribution in [3.8, 4) is 11.5 Å². The maximum atomic E-state index is 13.2. The first-order valence-electron chi connectivity index (χ1n) is 14.8. The Labute approximate surface area is 264 Å². The van der Waals surface area contributed by atoms with Crippen LogP contribution in [-0.2, 0) is 10.0 Å². The number of ether oxygens (including phenoxy) is 1. The fourth-order valence-corrected chi connectivity index (χ4v) is 7.61. The predicted molar refractivity (Wildman–Crippen MR) is 172 cm³/mol. The smallest absolute Gasteiger partial charge is 0.262 e. The van der Waals surface area contributed by atoms with Gasteiger partial charge in [-0.1, -0.05) is 35.3 Å². The minimum atomic E-state index is -3.96. The van der Waals surface area contributed by atoms with E-state index in [0.29, 0.717) is 33.8 Å². The van der Waals surface area contributed by atoms with Gasteiger partial charge in [0.1, 0.15) is 5.75 Å². The molecule has 0 unspecified atom stereocenters. The number of hydrogen-bond donors (Lipinski definition) is 3. The minimum Gasteiger partial charge on any atom is -0.454 e. The fraction of sp³-hybridized carbons (Fsp3) is 0.406. The van der Waals surface area contributed by atoms with Crippen LogP contribution >= 0.6 is 23.2 Å². The number of carbonyl (C=O) groups excluding carboxylic acids is 1. The summed E-state index contributed by atoms with van der Waals surface area (Å²) in [5.41, 5.74) is 0.659. The third-order valence-corrected chi connectivity index (χ3v) is 10.7. The minimum absolute atomic E-state index is 0.0282. The van der Waals surface area contributed by atoms with Gasteiger partial charge < -0.3 is 19.9 Å². The molecule has 2 fully saturated rings. The van der Waals surface area contributed by atoms with E-state index in [1.54, 1.807) is 42.5 Å². The number of carbonyl (C=O) groups is 1. The van der Waals surface area contributed by atoms with Crippen molar-refractivity contribution in [3.05, 3.63) is 82.3 Å². The number of nitrogens with zero attached hydrogens (tertiary/aromatic N) is 1. The van der Waals surface area contributed by atoms with Crippen molar-refractivity contribution < 1.29 is 22.4 Å². The zero-order valence-corrected chi connectivity index (χ0v) is 26.6. The van der Waals surface area contributed by atoms with Gasteiger partial charge in [0.05, 0.1) is 41.8 Å². The summed E-state index contributed by atoms with van der Waals surface area (Å²) in [7, 11) is -1.54. The standard InChI is InChI=1S/C32H38Cl2N4O4S/c1-38(26-13-17-35-18-14-26)20-15-23(16-21-38)12-19-36-32(39)24-6-9-27(10-7-24)43(40,41)37-29-4-2-3-5-31(29)42-30-11-8-25(33)22-28(30)34/h2-11,22-23,26,35,37H,12-21H2,1H3/p+1. The molecule has 1 amide bonds. The Morgan fingerprint density at radius 2 is 1.65 bits per heavy atom. The van der Waals surface area contributed by atoms with Gasteiger partial charge in [0.2, 0.25) is 0 Å². The molecule has 2 aliphatic rings. The molecule has 230 valence electrons. The lowest BCUT2D eigenvalue weighted by atomic mass is 9.89. The van der Waals surface area contributed by atoms with Crippen LogP contribution in [0.25, 0.3) is 0 Å². The Balaban J connectivity index is 1.13. The average Bonchev–Trinajstić information content (AvgIpc) is 3.01. The van der Waals surface area contributed by atoms with E-state index in [4.69, 9.17) is 27.9 Å². The quantitative estimate of drug-likeness (QED) is 0.224. The van der Waals surface area contributed by atoms with E-state index < -0.39 is 10.0 Å². The van der Waals surface area contributed by atoms with Crippen LogP contribution in [0.4, 0.5) is 5.69 Å². The van der Waals surface area contributed by atoms with Crippen molar-refractivity contribution >= 4 is 44.8 Å². The van der Waals surface area contributed by atoms with Gasteiger partial charge in [-0.2, -0.15) is 0 Å². The van der Waals surface area contributed by atoms with Crippen molar-refractivity contribution in [1.82, 2.24) is 10.6 Å². The van der Waals surface area contributed by atoms with Gasteiger partial charge in [-0.25, -0.2) is 8.42 Å². The zero-order valence-electron chi connectivity index (χ0n) is 24.3. The highest BCUT2D eigenvalue weighted by Gasteiger charge is 2.37. The summed E-state index contributed by atoms with van der Waals surface area (Å²) >= 11 is 12.2. The third-order valence-electron chi connectivity index (χ3n) is 8.80. The second kappa shape index (κ2) is 13.9. The van der Waals surface area contributed by atoms with Crippen LogP contribution in [0.1, 0.15) is 42.5 Å². The van der Waals surface area contributed by atoms with Crippen molar-refractivity contribution in [1.29, 1.82) is 0 Å². The number of anilines is 1. The van der Waals surface area contributed by atoms with Gasteiger partial charge in [0, 0.05) is 43.1 Å². The molecule has 0 radical (unpaired) electrons. The van der Waals surface area contributed by atoms with Crippen molar-refractivity contribution in [2.24, 2.45) is 5.92 Å². The van der Waals surface area contributed by atoms with Crippen LogP contribution < -0.4 is 20.1 Å². The molecule has 2 saturated heterocycles. The molecule has 0 spiro atoms. The van der Waals surface area contributed by atoms with Crippen LogP contribution in [0.3, 0.4) is 0 Å². The Morgan fingerprint density at radius 3 is 2.35 bits per heavy atom. The summed E-state index contributed by atoms with van der Waals surface area (Å²) in [5.74, 6) is 1.03. The molecule has 11 heteroatoms. The number of rotatable bonds is 10. The molecule has 3 aromatic carbocycles. The first-order chi connectivity index (χ1) is 20.6. The number of benzene rings is 3. The van der Waals surface area contributed by atoms with Gasteiger partial charge in [0.15, 0.2) is 5.75 Å².